The summed E-state index contributed by atoms with van der Waals surface area (Å²) in [6.07, 6.45) is 11.5. The van der Waals surface area contributed by atoms with E-state index in [0.717, 1.165) is 0 Å². The molecule has 0 aliphatic rings. The Labute approximate surface area is 117 Å². The summed E-state index contributed by atoms with van der Waals surface area (Å²) in [4.78, 5) is 0. The van der Waals surface area contributed by atoms with E-state index in [1.54, 1.807) is 11.1 Å². The third-order valence-corrected chi connectivity index (χ3v) is 4.23. The summed E-state index contributed by atoms with van der Waals surface area (Å²) in [5, 5.41) is 0. The van der Waals surface area contributed by atoms with Crippen LogP contribution in [0.1, 0.15) is 65.7 Å². The van der Waals surface area contributed by atoms with Crippen LogP contribution in [-0.4, -0.2) is 8.07 Å². The van der Waals surface area contributed by atoms with Gasteiger partial charge >= 0.3 is 0 Å². The lowest BCUT2D eigenvalue weighted by atomic mass is 9.97. The quantitative estimate of drug-likeness (QED) is 0.330. The van der Waals surface area contributed by atoms with Crippen molar-refractivity contribution in [3.8, 4) is 0 Å². The molecular formula is C17H34Si. The van der Waals surface area contributed by atoms with Gasteiger partial charge in [-0.1, -0.05) is 77.0 Å². The monoisotopic (exact) mass is 266 g/mol. The third-order valence-electron chi connectivity index (χ3n) is 3.02. The molecule has 18 heavy (non-hydrogen) atoms. The highest BCUT2D eigenvalue weighted by Crippen LogP contribution is 2.25. The summed E-state index contributed by atoms with van der Waals surface area (Å²) in [7, 11) is -1.10. The van der Waals surface area contributed by atoms with Gasteiger partial charge in [0.2, 0.25) is 0 Å². The standard InChI is InChI=1S/C17H34Si/c1-7-10-13-16(12-9-3)17(14-11-8-2)15-18(4,5)6/h13,15H,7-12,14H2,1-6H3/b16-13+,17-15+. The van der Waals surface area contributed by atoms with E-state index >= 15 is 0 Å². The first-order valence-corrected chi connectivity index (χ1v) is 11.4. The molecule has 0 heterocycles. The summed E-state index contributed by atoms with van der Waals surface area (Å²) < 4.78 is 0. The number of hydrogen-bond acceptors (Lipinski definition) is 0. The first-order chi connectivity index (χ1) is 8.44. The topological polar surface area (TPSA) is 0 Å². The van der Waals surface area contributed by atoms with E-state index in [1.165, 1.54) is 44.9 Å². The van der Waals surface area contributed by atoms with Crippen LogP contribution in [0.25, 0.3) is 0 Å². The van der Waals surface area contributed by atoms with Crippen molar-refractivity contribution in [2.45, 2.75) is 85.4 Å². The highest BCUT2D eigenvalue weighted by Gasteiger charge is 2.13. The van der Waals surface area contributed by atoms with Gasteiger partial charge in [0.15, 0.2) is 0 Å². The molecular weight excluding hydrogens is 232 g/mol. The minimum Gasteiger partial charge on any atom is -0.0916 e. The molecule has 0 atom stereocenters. The van der Waals surface area contributed by atoms with Crippen LogP contribution in [-0.2, 0) is 0 Å². The lowest BCUT2D eigenvalue weighted by Gasteiger charge is -2.18. The molecule has 0 saturated heterocycles. The predicted octanol–water partition coefficient (Wildman–Crippen LogP) is 6.51. The van der Waals surface area contributed by atoms with Crippen LogP contribution >= 0.6 is 0 Å². The van der Waals surface area contributed by atoms with Crippen molar-refractivity contribution in [1.29, 1.82) is 0 Å². The third kappa shape index (κ3) is 8.74. The number of hydrogen-bond donors (Lipinski definition) is 0. The lowest BCUT2D eigenvalue weighted by molar-refractivity contribution is 0.773. The van der Waals surface area contributed by atoms with Gasteiger partial charge < -0.3 is 0 Å². The summed E-state index contributed by atoms with van der Waals surface area (Å²) >= 11 is 0. The maximum atomic E-state index is 2.64. The van der Waals surface area contributed by atoms with Crippen LogP contribution in [0, 0.1) is 0 Å². The van der Waals surface area contributed by atoms with Crippen molar-refractivity contribution < 1.29 is 0 Å². The molecule has 0 amide bonds. The van der Waals surface area contributed by atoms with E-state index < -0.39 is 8.07 Å². The average molecular weight is 267 g/mol. The Hall–Kier alpha value is -0.303. The Morgan fingerprint density at radius 1 is 0.833 bits per heavy atom. The Bertz CT molecular complexity index is 266. The number of allylic oxidation sites excluding steroid dienone is 3. The molecule has 0 rings (SSSR count). The van der Waals surface area contributed by atoms with Gasteiger partial charge in [0.05, 0.1) is 8.07 Å². The Kier molecular flexibility index (Phi) is 9.44. The van der Waals surface area contributed by atoms with E-state index in [-0.39, 0.29) is 0 Å². The maximum absolute atomic E-state index is 2.64. The second-order valence-corrected chi connectivity index (χ2v) is 11.4. The molecule has 0 aromatic heterocycles. The van der Waals surface area contributed by atoms with Crippen LogP contribution < -0.4 is 0 Å². The van der Waals surface area contributed by atoms with Crippen LogP contribution in [0.15, 0.2) is 22.9 Å². The fourth-order valence-corrected chi connectivity index (χ4v) is 3.57. The molecule has 0 unspecified atom stereocenters. The smallest absolute Gasteiger partial charge is 0.0690 e. The van der Waals surface area contributed by atoms with Crippen molar-refractivity contribution in [3.63, 3.8) is 0 Å². The Morgan fingerprint density at radius 3 is 1.94 bits per heavy atom. The van der Waals surface area contributed by atoms with Gasteiger partial charge in [-0.3, -0.25) is 0 Å². The first-order valence-electron chi connectivity index (χ1n) is 7.85. The molecule has 1 heteroatoms. The van der Waals surface area contributed by atoms with E-state index in [0.29, 0.717) is 0 Å². The van der Waals surface area contributed by atoms with E-state index in [2.05, 4.69) is 52.2 Å². The average Bonchev–Trinajstić information content (AvgIpc) is 2.28. The van der Waals surface area contributed by atoms with Gasteiger partial charge in [-0.25, -0.2) is 0 Å². The molecule has 0 aromatic carbocycles. The second-order valence-electron chi connectivity index (χ2n) is 6.41. The van der Waals surface area contributed by atoms with Crippen molar-refractivity contribution in [2.75, 3.05) is 0 Å². The van der Waals surface area contributed by atoms with E-state index in [1.807, 2.05) is 0 Å². The molecule has 0 bridgehead atoms. The number of rotatable bonds is 9. The molecule has 0 N–H and O–H groups in total. The summed E-state index contributed by atoms with van der Waals surface area (Å²) in [6, 6.07) is 0. The summed E-state index contributed by atoms with van der Waals surface area (Å²) in [5.74, 6) is 0. The van der Waals surface area contributed by atoms with Crippen LogP contribution in [0.5, 0.6) is 0 Å². The molecule has 0 radical (unpaired) electrons. The van der Waals surface area contributed by atoms with Crippen LogP contribution in [0.4, 0.5) is 0 Å². The normalized spacial score (nSPS) is 14.1. The Balaban J connectivity index is 5.03. The fourth-order valence-electron chi connectivity index (χ4n) is 2.20. The SMILES string of the molecule is CCC/C=C(CCC)/C(=C/[Si](C)(C)C)CCCC. The molecule has 0 nitrogen and oxygen atoms in total. The molecule has 106 valence electrons. The summed E-state index contributed by atoms with van der Waals surface area (Å²) in [6.45, 7) is 14.2. The molecule has 0 saturated carbocycles. The maximum Gasteiger partial charge on any atom is 0.0690 e. The van der Waals surface area contributed by atoms with E-state index in [4.69, 9.17) is 0 Å². The van der Waals surface area contributed by atoms with Gasteiger partial charge in [-0.15, -0.1) is 0 Å². The molecule has 0 aromatic rings. The van der Waals surface area contributed by atoms with Crippen molar-refractivity contribution >= 4 is 8.07 Å². The molecule has 0 spiro atoms. The van der Waals surface area contributed by atoms with Gasteiger partial charge in [-0.05, 0) is 31.3 Å². The van der Waals surface area contributed by atoms with Crippen LogP contribution in [0.3, 0.4) is 0 Å². The minimum atomic E-state index is -1.10. The zero-order valence-electron chi connectivity index (χ0n) is 13.6. The van der Waals surface area contributed by atoms with Crippen molar-refractivity contribution in [1.82, 2.24) is 0 Å². The van der Waals surface area contributed by atoms with Gasteiger partial charge in [0.1, 0.15) is 0 Å². The minimum absolute atomic E-state index is 1.10. The predicted molar refractivity (Wildman–Crippen MR) is 88.9 cm³/mol. The zero-order chi connectivity index (χ0) is 14.0. The lowest BCUT2D eigenvalue weighted by Crippen LogP contribution is -2.17. The fraction of sp³-hybridized carbons (Fsp3) is 0.765. The first kappa shape index (κ1) is 17.7. The van der Waals surface area contributed by atoms with E-state index in [9.17, 15) is 0 Å². The molecule has 0 fully saturated rings. The highest BCUT2D eigenvalue weighted by atomic mass is 28.3. The second kappa shape index (κ2) is 9.60. The van der Waals surface area contributed by atoms with Gasteiger partial charge in [0.25, 0.3) is 0 Å². The largest absolute Gasteiger partial charge is 0.0916 e. The van der Waals surface area contributed by atoms with Crippen molar-refractivity contribution in [2.24, 2.45) is 0 Å². The molecule has 0 aliphatic carbocycles. The van der Waals surface area contributed by atoms with Gasteiger partial charge in [-0.2, -0.15) is 0 Å². The van der Waals surface area contributed by atoms with Crippen LogP contribution in [0.2, 0.25) is 19.6 Å². The zero-order valence-corrected chi connectivity index (χ0v) is 14.6. The van der Waals surface area contributed by atoms with Crippen molar-refractivity contribution in [3.05, 3.63) is 22.9 Å². The van der Waals surface area contributed by atoms with Gasteiger partial charge in [0, 0.05) is 0 Å². The Morgan fingerprint density at radius 2 is 1.50 bits per heavy atom. The summed E-state index contributed by atoms with van der Waals surface area (Å²) in [5.41, 5.74) is 5.96. The highest BCUT2D eigenvalue weighted by molar-refractivity contribution is 6.81. The molecule has 0 aliphatic heterocycles. The number of unbranched alkanes of at least 4 members (excludes halogenated alkanes) is 2.